The zero-order valence-electron chi connectivity index (χ0n) is 30.5. The summed E-state index contributed by atoms with van der Waals surface area (Å²) in [5.74, 6) is 1.14. The standard InChI is InChI=1S/C39H41F4N9OS/c1-49-17-5-7-26(21-49)51(3)37-35-29(15-16-44-35)34(46-47-37)28-14-13-25(40)19-31(28)53-32-20-30-33(23-9-11-24(12-10-23)39(41,42)43)45-48-38(36(30)54-32)52(4)27-8-6-18-50(2)22-27/h9-16,19-20,26-27,44H,5-8,17-18,21-22H2,1-4H3/t26-,27-/m1/s1. The van der Waals surface area contributed by atoms with E-state index in [2.05, 4.69) is 48.9 Å². The summed E-state index contributed by atoms with van der Waals surface area (Å²) in [5, 5.41) is 20.5. The van der Waals surface area contributed by atoms with Crippen molar-refractivity contribution in [3.05, 3.63) is 72.2 Å². The van der Waals surface area contributed by atoms with Crippen LogP contribution in [0.25, 0.3) is 43.5 Å². The number of hydrogen-bond acceptors (Lipinski definition) is 10. The lowest BCUT2D eigenvalue weighted by Crippen LogP contribution is -2.45. The molecule has 282 valence electrons. The molecule has 0 spiro atoms. The van der Waals surface area contributed by atoms with Gasteiger partial charge in [-0.3, -0.25) is 0 Å². The fraction of sp³-hybridized carbons (Fsp3) is 0.385. The van der Waals surface area contributed by atoms with Crippen molar-refractivity contribution in [2.75, 3.05) is 64.2 Å². The van der Waals surface area contributed by atoms with Crippen LogP contribution in [0.3, 0.4) is 0 Å². The van der Waals surface area contributed by atoms with Gasteiger partial charge in [-0.05, 0) is 83.2 Å². The number of fused-ring (bicyclic) bond motifs is 2. The maximum Gasteiger partial charge on any atom is 0.416 e. The third-order valence-electron chi connectivity index (χ3n) is 10.7. The third-order valence-corrected chi connectivity index (χ3v) is 11.7. The number of nitrogens with one attached hydrogen (secondary N) is 1. The molecule has 0 aliphatic carbocycles. The van der Waals surface area contributed by atoms with Crippen molar-refractivity contribution in [2.45, 2.75) is 43.9 Å². The van der Waals surface area contributed by atoms with Gasteiger partial charge in [-0.15, -0.1) is 20.4 Å². The van der Waals surface area contributed by atoms with E-state index in [9.17, 15) is 13.2 Å². The maximum absolute atomic E-state index is 15.0. The fourth-order valence-corrected chi connectivity index (χ4v) is 8.81. The number of rotatable bonds is 8. The van der Waals surface area contributed by atoms with Gasteiger partial charge in [0.1, 0.15) is 23.0 Å². The van der Waals surface area contributed by atoms with Gasteiger partial charge in [-0.25, -0.2) is 4.39 Å². The van der Waals surface area contributed by atoms with Crippen LogP contribution in [0.4, 0.5) is 29.2 Å². The third kappa shape index (κ3) is 6.95. The Morgan fingerprint density at radius 1 is 0.796 bits per heavy atom. The number of halogens is 4. The van der Waals surface area contributed by atoms with Crippen LogP contribution in [0.15, 0.2) is 60.8 Å². The normalized spacial score (nSPS) is 18.7. The summed E-state index contributed by atoms with van der Waals surface area (Å²) in [4.78, 5) is 12.3. The van der Waals surface area contributed by atoms with Gasteiger partial charge in [0.2, 0.25) is 0 Å². The molecule has 6 aromatic rings. The second kappa shape index (κ2) is 14.4. The Hall–Kier alpha value is -4.86. The van der Waals surface area contributed by atoms with Gasteiger partial charge in [-0.1, -0.05) is 23.5 Å². The van der Waals surface area contributed by atoms with Gasteiger partial charge in [0.05, 0.1) is 15.8 Å². The molecule has 10 nitrogen and oxygen atoms in total. The van der Waals surface area contributed by atoms with Crippen molar-refractivity contribution in [2.24, 2.45) is 0 Å². The summed E-state index contributed by atoms with van der Waals surface area (Å²) in [6, 6.07) is 13.5. The summed E-state index contributed by atoms with van der Waals surface area (Å²) < 4.78 is 62.6. The molecule has 2 fully saturated rings. The molecule has 15 heteroatoms. The molecule has 54 heavy (non-hydrogen) atoms. The van der Waals surface area contributed by atoms with Crippen LogP contribution in [-0.2, 0) is 6.18 Å². The van der Waals surface area contributed by atoms with E-state index < -0.39 is 17.6 Å². The van der Waals surface area contributed by atoms with E-state index in [0.717, 1.165) is 85.4 Å². The number of benzene rings is 2. The molecule has 0 amide bonds. The number of nitrogens with zero attached hydrogens (tertiary/aromatic N) is 8. The van der Waals surface area contributed by atoms with E-state index in [-0.39, 0.29) is 17.8 Å². The number of aromatic nitrogens is 5. The van der Waals surface area contributed by atoms with Crippen molar-refractivity contribution < 1.29 is 22.3 Å². The molecule has 2 aliphatic rings. The van der Waals surface area contributed by atoms with Crippen LogP contribution in [0, 0.1) is 5.82 Å². The highest BCUT2D eigenvalue weighted by Gasteiger charge is 2.31. The lowest BCUT2D eigenvalue weighted by atomic mass is 10.0. The lowest BCUT2D eigenvalue weighted by Gasteiger charge is -2.36. The van der Waals surface area contributed by atoms with Crippen molar-refractivity contribution in [1.82, 2.24) is 35.2 Å². The maximum atomic E-state index is 15.0. The Bertz CT molecular complexity index is 2290. The molecule has 4 aromatic heterocycles. The molecule has 2 atom stereocenters. The van der Waals surface area contributed by atoms with Crippen LogP contribution >= 0.6 is 11.3 Å². The Kier molecular flexibility index (Phi) is 9.65. The van der Waals surface area contributed by atoms with Gasteiger partial charge >= 0.3 is 6.18 Å². The number of H-pyrrole nitrogens is 1. The molecule has 0 radical (unpaired) electrons. The summed E-state index contributed by atoms with van der Waals surface area (Å²) >= 11 is 1.33. The first-order chi connectivity index (χ1) is 25.9. The first-order valence-electron chi connectivity index (χ1n) is 18.1. The van der Waals surface area contributed by atoms with Crippen LogP contribution in [-0.4, -0.2) is 102 Å². The smallest absolute Gasteiger partial charge is 0.416 e. The van der Waals surface area contributed by atoms with Crippen LogP contribution in [0.5, 0.6) is 10.8 Å². The second-order valence-corrected chi connectivity index (χ2v) is 15.5. The predicted octanol–water partition coefficient (Wildman–Crippen LogP) is 8.31. The zero-order valence-corrected chi connectivity index (χ0v) is 31.3. The quantitative estimate of drug-likeness (QED) is 0.154. The number of anilines is 2. The number of piperidine rings is 2. The number of alkyl halides is 3. The number of likely N-dealkylation sites (tertiary alicyclic amines) is 2. The molecular formula is C39H41F4N9OS. The van der Waals surface area contributed by atoms with E-state index in [1.165, 1.54) is 35.6 Å². The van der Waals surface area contributed by atoms with Gasteiger partial charge in [0, 0.05) is 79.5 Å². The monoisotopic (exact) mass is 759 g/mol. The van der Waals surface area contributed by atoms with Crippen LogP contribution in [0.1, 0.15) is 31.2 Å². The highest BCUT2D eigenvalue weighted by Crippen LogP contribution is 2.45. The Morgan fingerprint density at radius 2 is 1.44 bits per heavy atom. The SMILES string of the molecule is CN1CCC[C@@H](N(C)c2nnc(-c3ccc(F)cc3Oc3cc4c(-c5ccc(C(F)(F)F)cc5)nnc(N(C)[C@@H]5CCCN(C)C5)c4s3)c3cc[nH]c23)C1. The van der Waals surface area contributed by atoms with Gasteiger partial charge in [-0.2, -0.15) is 13.2 Å². The molecule has 0 bridgehead atoms. The topological polar surface area (TPSA) is 89.5 Å². The molecule has 6 heterocycles. The fourth-order valence-electron chi connectivity index (χ4n) is 7.76. The summed E-state index contributed by atoms with van der Waals surface area (Å²) in [7, 11) is 8.26. The lowest BCUT2D eigenvalue weighted by molar-refractivity contribution is -0.137. The van der Waals surface area contributed by atoms with E-state index in [1.807, 2.05) is 26.4 Å². The van der Waals surface area contributed by atoms with Crippen molar-refractivity contribution in [1.29, 1.82) is 0 Å². The highest BCUT2D eigenvalue weighted by molar-refractivity contribution is 7.21. The number of ether oxygens (including phenoxy) is 1. The van der Waals surface area contributed by atoms with Crippen molar-refractivity contribution in [3.8, 4) is 33.3 Å². The Balaban J connectivity index is 1.19. The second-order valence-electron chi connectivity index (χ2n) is 14.5. The zero-order chi connectivity index (χ0) is 37.7. The van der Waals surface area contributed by atoms with Gasteiger partial charge in [0.15, 0.2) is 16.7 Å². The molecule has 8 rings (SSSR count). The molecule has 0 saturated carbocycles. The summed E-state index contributed by atoms with van der Waals surface area (Å²) in [6.45, 7) is 3.86. The molecular weight excluding hydrogens is 719 g/mol. The Morgan fingerprint density at radius 3 is 2.11 bits per heavy atom. The number of thiophene rings is 1. The molecule has 0 unspecified atom stereocenters. The first-order valence-corrected chi connectivity index (χ1v) is 18.9. The molecule has 1 N–H and O–H groups in total. The average Bonchev–Trinajstić information content (AvgIpc) is 3.82. The van der Waals surface area contributed by atoms with E-state index in [0.29, 0.717) is 38.8 Å². The largest absolute Gasteiger partial charge is 0.446 e. The minimum Gasteiger partial charge on any atom is -0.446 e. The van der Waals surface area contributed by atoms with Gasteiger partial charge < -0.3 is 29.3 Å². The average molecular weight is 760 g/mol. The number of aromatic amines is 1. The summed E-state index contributed by atoms with van der Waals surface area (Å²) in [5.41, 5.74) is 2.08. The van der Waals surface area contributed by atoms with E-state index in [1.54, 1.807) is 12.1 Å². The number of likely N-dealkylation sites (N-methyl/N-ethyl adjacent to an activating group) is 4. The minimum atomic E-state index is -4.47. The molecule has 2 aromatic carbocycles. The Labute approximate surface area is 314 Å². The van der Waals surface area contributed by atoms with E-state index in [4.69, 9.17) is 14.9 Å². The van der Waals surface area contributed by atoms with Crippen LogP contribution in [0.2, 0.25) is 0 Å². The molecule has 2 aliphatic heterocycles. The van der Waals surface area contributed by atoms with Crippen molar-refractivity contribution in [3.63, 3.8) is 0 Å². The summed E-state index contributed by atoms with van der Waals surface area (Å²) in [6.07, 6.45) is 1.56. The first kappa shape index (κ1) is 36.1. The molecule has 2 saturated heterocycles. The van der Waals surface area contributed by atoms with E-state index >= 15 is 4.39 Å². The van der Waals surface area contributed by atoms with Crippen molar-refractivity contribution >= 4 is 44.0 Å². The minimum absolute atomic E-state index is 0.183. The number of hydrogen-bond donors (Lipinski definition) is 1. The predicted molar refractivity (Wildman–Crippen MR) is 205 cm³/mol. The highest BCUT2D eigenvalue weighted by atomic mass is 32.1. The van der Waals surface area contributed by atoms with Gasteiger partial charge in [0.25, 0.3) is 0 Å². The van der Waals surface area contributed by atoms with Crippen LogP contribution < -0.4 is 14.5 Å².